The number of fused-ring (bicyclic) bond motifs is 2. The van der Waals surface area contributed by atoms with Crippen molar-refractivity contribution in [1.29, 1.82) is 0 Å². The van der Waals surface area contributed by atoms with Crippen LogP contribution >= 0.6 is 0 Å². The number of ether oxygens (including phenoxy) is 2. The van der Waals surface area contributed by atoms with Gasteiger partial charge in [-0.25, -0.2) is 9.97 Å². The molecular formula is C18H19N3O3. The standard InChI is InChI=1S/C18H19N3O3/c1-11(2)5-17-19-7-13-8-21(9-14(13)20-17)18(22)12-3-4-15-16(6-12)24-10-23-15/h3-4,6-7,11H,5,8-10H2,1-2H3. The van der Waals surface area contributed by atoms with Gasteiger partial charge in [-0.05, 0) is 24.1 Å². The largest absolute Gasteiger partial charge is 0.454 e. The zero-order chi connectivity index (χ0) is 16.7. The molecule has 0 unspecified atom stereocenters. The molecule has 2 aliphatic rings. The van der Waals surface area contributed by atoms with Crippen molar-refractivity contribution in [3.05, 3.63) is 47.0 Å². The predicted octanol–water partition coefficient (Wildman–Crippen LogP) is 2.56. The third-order valence-corrected chi connectivity index (χ3v) is 4.20. The first-order valence-corrected chi connectivity index (χ1v) is 8.13. The molecule has 0 radical (unpaired) electrons. The topological polar surface area (TPSA) is 64.6 Å². The third kappa shape index (κ3) is 2.68. The number of carbonyl (C=O) groups excluding carboxylic acids is 1. The van der Waals surface area contributed by atoms with E-state index in [9.17, 15) is 4.79 Å². The van der Waals surface area contributed by atoms with Gasteiger partial charge >= 0.3 is 0 Å². The zero-order valence-electron chi connectivity index (χ0n) is 13.8. The van der Waals surface area contributed by atoms with E-state index in [1.807, 2.05) is 6.20 Å². The molecule has 0 bridgehead atoms. The Morgan fingerprint density at radius 2 is 2.08 bits per heavy atom. The highest BCUT2D eigenvalue weighted by Gasteiger charge is 2.27. The van der Waals surface area contributed by atoms with Crippen molar-refractivity contribution in [2.75, 3.05) is 6.79 Å². The summed E-state index contributed by atoms with van der Waals surface area (Å²) < 4.78 is 10.6. The zero-order valence-corrected chi connectivity index (χ0v) is 13.8. The van der Waals surface area contributed by atoms with Gasteiger partial charge in [0.2, 0.25) is 6.79 Å². The summed E-state index contributed by atoms with van der Waals surface area (Å²) in [6.07, 6.45) is 2.70. The summed E-state index contributed by atoms with van der Waals surface area (Å²) in [6.45, 7) is 5.56. The second kappa shape index (κ2) is 5.78. The van der Waals surface area contributed by atoms with E-state index in [-0.39, 0.29) is 12.7 Å². The number of hydrogen-bond acceptors (Lipinski definition) is 5. The fraction of sp³-hybridized carbons (Fsp3) is 0.389. The Hall–Kier alpha value is -2.63. The lowest BCUT2D eigenvalue weighted by Crippen LogP contribution is -2.25. The average molecular weight is 325 g/mol. The van der Waals surface area contributed by atoms with Gasteiger partial charge in [0.15, 0.2) is 11.5 Å². The summed E-state index contributed by atoms with van der Waals surface area (Å²) in [5, 5.41) is 0. The van der Waals surface area contributed by atoms with E-state index in [0.29, 0.717) is 36.1 Å². The van der Waals surface area contributed by atoms with Crippen LogP contribution in [-0.4, -0.2) is 27.6 Å². The third-order valence-electron chi connectivity index (χ3n) is 4.20. The highest BCUT2D eigenvalue weighted by Crippen LogP contribution is 2.33. The highest BCUT2D eigenvalue weighted by atomic mass is 16.7. The highest BCUT2D eigenvalue weighted by molar-refractivity contribution is 5.95. The Bertz CT molecular complexity index is 804. The molecule has 4 rings (SSSR count). The van der Waals surface area contributed by atoms with Crippen LogP contribution in [0.15, 0.2) is 24.4 Å². The van der Waals surface area contributed by atoms with E-state index >= 15 is 0 Å². The van der Waals surface area contributed by atoms with Crippen LogP contribution in [0.2, 0.25) is 0 Å². The number of rotatable bonds is 3. The number of aromatic nitrogens is 2. The van der Waals surface area contributed by atoms with Gasteiger partial charge in [-0.3, -0.25) is 4.79 Å². The maximum Gasteiger partial charge on any atom is 0.254 e. The lowest BCUT2D eigenvalue weighted by atomic mass is 10.1. The van der Waals surface area contributed by atoms with Gasteiger partial charge in [0.05, 0.1) is 12.2 Å². The summed E-state index contributed by atoms with van der Waals surface area (Å²) in [4.78, 5) is 23.6. The number of nitrogens with zero attached hydrogens (tertiary/aromatic N) is 3. The van der Waals surface area contributed by atoms with Gasteiger partial charge in [0, 0.05) is 30.3 Å². The average Bonchev–Trinajstić information content (AvgIpc) is 3.18. The van der Waals surface area contributed by atoms with Crippen LogP contribution < -0.4 is 9.47 Å². The second-order valence-electron chi connectivity index (χ2n) is 6.59. The predicted molar refractivity (Wildman–Crippen MR) is 86.7 cm³/mol. The second-order valence-corrected chi connectivity index (χ2v) is 6.59. The normalized spacial score (nSPS) is 15.0. The van der Waals surface area contributed by atoms with Crippen LogP contribution in [0.1, 0.15) is 41.3 Å². The van der Waals surface area contributed by atoms with Crippen molar-refractivity contribution in [3.8, 4) is 11.5 Å². The lowest BCUT2D eigenvalue weighted by Gasteiger charge is -2.15. The summed E-state index contributed by atoms with van der Waals surface area (Å²) in [5.41, 5.74) is 2.58. The Kier molecular flexibility index (Phi) is 3.59. The van der Waals surface area contributed by atoms with Gasteiger partial charge < -0.3 is 14.4 Å². The summed E-state index contributed by atoms with van der Waals surface area (Å²) in [6, 6.07) is 5.29. The molecule has 24 heavy (non-hydrogen) atoms. The van der Waals surface area contributed by atoms with Crippen molar-refractivity contribution in [1.82, 2.24) is 14.9 Å². The molecule has 0 saturated heterocycles. The first-order chi connectivity index (χ1) is 11.6. The molecule has 1 aromatic heterocycles. The SMILES string of the molecule is CC(C)Cc1ncc2c(n1)CN(C(=O)c1ccc3c(c1)OCO3)C2. The van der Waals surface area contributed by atoms with E-state index in [1.165, 1.54) is 0 Å². The maximum absolute atomic E-state index is 12.8. The Morgan fingerprint density at radius 3 is 2.92 bits per heavy atom. The van der Waals surface area contributed by atoms with Crippen LogP contribution in [0.25, 0.3) is 0 Å². The minimum absolute atomic E-state index is 0.0308. The summed E-state index contributed by atoms with van der Waals surface area (Å²) in [7, 11) is 0. The van der Waals surface area contributed by atoms with Gasteiger partial charge in [0.25, 0.3) is 5.91 Å². The molecule has 6 heteroatoms. The minimum atomic E-state index is -0.0308. The number of carbonyl (C=O) groups is 1. The Morgan fingerprint density at radius 1 is 1.25 bits per heavy atom. The molecule has 0 N–H and O–H groups in total. The van der Waals surface area contributed by atoms with Crippen molar-refractivity contribution >= 4 is 5.91 Å². The Balaban J connectivity index is 1.52. The van der Waals surface area contributed by atoms with E-state index in [1.54, 1.807) is 23.1 Å². The maximum atomic E-state index is 12.8. The molecule has 2 aromatic rings. The van der Waals surface area contributed by atoms with E-state index in [2.05, 4.69) is 23.8 Å². The van der Waals surface area contributed by atoms with E-state index in [4.69, 9.17) is 9.47 Å². The Labute approximate surface area is 140 Å². The number of benzene rings is 1. The van der Waals surface area contributed by atoms with Gasteiger partial charge in [-0.1, -0.05) is 13.8 Å². The quantitative estimate of drug-likeness (QED) is 0.868. The molecule has 0 saturated carbocycles. The molecule has 0 aliphatic carbocycles. The molecule has 1 aromatic carbocycles. The van der Waals surface area contributed by atoms with Crippen LogP contribution in [0, 0.1) is 5.92 Å². The minimum Gasteiger partial charge on any atom is -0.454 e. The summed E-state index contributed by atoms with van der Waals surface area (Å²) >= 11 is 0. The molecule has 124 valence electrons. The first kappa shape index (κ1) is 14.9. The van der Waals surface area contributed by atoms with Crippen LogP contribution in [0.5, 0.6) is 11.5 Å². The van der Waals surface area contributed by atoms with Gasteiger partial charge in [-0.15, -0.1) is 0 Å². The summed E-state index contributed by atoms with van der Waals surface area (Å²) in [5.74, 6) is 2.63. The smallest absolute Gasteiger partial charge is 0.254 e. The van der Waals surface area contributed by atoms with Crippen LogP contribution in [0.4, 0.5) is 0 Å². The first-order valence-electron chi connectivity index (χ1n) is 8.13. The molecule has 3 heterocycles. The molecule has 6 nitrogen and oxygen atoms in total. The molecule has 0 spiro atoms. The van der Waals surface area contributed by atoms with Crippen LogP contribution in [0.3, 0.4) is 0 Å². The van der Waals surface area contributed by atoms with Crippen molar-refractivity contribution < 1.29 is 14.3 Å². The number of hydrogen-bond donors (Lipinski definition) is 0. The molecule has 0 atom stereocenters. The van der Waals surface area contributed by atoms with Crippen LogP contribution in [-0.2, 0) is 19.5 Å². The van der Waals surface area contributed by atoms with Gasteiger partial charge in [-0.2, -0.15) is 0 Å². The monoisotopic (exact) mass is 325 g/mol. The van der Waals surface area contributed by atoms with Crippen molar-refractivity contribution in [3.63, 3.8) is 0 Å². The van der Waals surface area contributed by atoms with Crippen molar-refractivity contribution in [2.24, 2.45) is 5.92 Å². The molecule has 2 aliphatic heterocycles. The lowest BCUT2D eigenvalue weighted by molar-refractivity contribution is 0.0750. The molecule has 0 fully saturated rings. The van der Waals surface area contributed by atoms with E-state index in [0.717, 1.165) is 23.5 Å². The van der Waals surface area contributed by atoms with E-state index < -0.39 is 0 Å². The van der Waals surface area contributed by atoms with Crippen molar-refractivity contribution in [2.45, 2.75) is 33.4 Å². The van der Waals surface area contributed by atoms with Gasteiger partial charge in [0.1, 0.15) is 5.82 Å². The fourth-order valence-corrected chi connectivity index (χ4v) is 3.01. The molecule has 1 amide bonds. The molecular weight excluding hydrogens is 306 g/mol. The number of amides is 1. The fourth-order valence-electron chi connectivity index (χ4n) is 3.01.